The van der Waals surface area contributed by atoms with Gasteiger partial charge in [0.25, 0.3) is 0 Å². The van der Waals surface area contributed by atoms with Crippen LogP contribution in [0.4, 0.5) is 0 Å². The molecule has 12 atom stereocenters. The van der Waals surface area contributed by atoms with Gasteiger partial charge in [0.15, 0.2) is 23.4 Å². The second kappa shape index (κ2) is 14.4. The van der Waals surface area contributed by atoms with Crippen LogP contribution in [-0.4, -0.2) is 134 Å². The summed E-state index contributed by atoms with van der Waals surface area (Å²) in [5, 5.41) is 36.8. The molecule has 1 aromatic rings. The largest absolute Gasteiger partial charge is 0.465 e. The lowest BCUT2D eigenvalue weighted by Crippen LogP contribution is -2.89. The van der Waals surface area contributed by atoms with Crippen LogP contribution in [0.3, 0.4) is 0 Å². The van der Waals surface area contributed by atoms with E-state index in [9.17, 15) is 48.9 Å². The van der Waals surface area contributed by atoms with Crippen LogP contribution in [0.2, 0.25) is 0 Å². The number of esters is 7. The number of aryl methyl sites for hydroxylation is 1. The summed E-state index contributed by atoms with van der Waals surface area (Å²) in [6.45, 7) is 6.46. The zero-order chi connectivity index (χ0) is 41.1. The number of rotatable bonds is 6. The molecule has 1 aromatic heterocycles. The van der Waals surface area contributed by atoms with Crippen molar-refractivity contribution in [2.75, 3.05) is 13.2 Å². The first-order valence-corrected chi connectivity index (χ1v) is 17.4. The Bertz CT molecular complexity index is 1780. The molecule has 2 saturated carbocycles. The number of nitrogens with zero attached hydrogens (tertiary/aromatic N) is 1. The Kier molecular flexibility index (Phi) is 10.9. The van der Waals surface area contributed by atoms with Crippen molar-refractivity contribution in [3.8, 4) is 0 Å². The van der Waals surface area contributed by atoms with E-state index in [2.05, 4.69) is 4.98 Å². The predicted octanol–water partition coefficient (Wildman–Crippen LogP) is -0.593. The maximum Gasteiger partial charge on any atom is 0.340 e. The number of carbonyl (C=O) groups is 7. The molecule has 0 radical (unpaired) electrons. The van der Waals surface area contributed by atoms with Gasteiger partial charge in [-0.3, -0.25) is 29.0 Å². The number of pyridine rings is 1. The van der Waals surface area contributed by atoms with Crippen molar-refractivity contribution in [2.24, 2.45) is 11.3 Å². The first kappa shape index (κ1) is 41.4. The highest BCUT2D eigenvalue weighted by atomic mass is 16.7. The van der Waals surface area contributed by atoms with E-state index in [0.29, 0.717) is 0 Å². The summed E-state index contributed by atoms with van der Waals surface area (Å²) in [4.78, 5) is 96.7. The molecular weight excluding hydrogens is 734 g/mol. The topological polar surface area (TPSA) is 267 Å². The lowest BCUT2D eigenvalue weighted by atomic mass is 9.45. The fraction of sp³-hybridized carbons (Fsp3) is 0.667. The van der Waals surface area contributed by atoms with Crippen molar-refractivity contribution in [1.82, 2.24) is 4.98 Å². The van der Waals surface area contributed by atoms with Gasteiger partial charge in [0, 0.05) is 40.8 Å². The molecule has 19 nitrogen and oxygen atoms in total. The third-order valence-electron chi connectivity index (χ3n) is 10.9. The molecule has 5 rings (SSSR count). The molecular formula is C36H45NO18. The lowest BCUT2D eigenvalue weighted by Gasteiger charge is -2.67. The summed E-state index contributed by atoms with van der Waals surface area (Å²) < 4.78 is 47.4. The third kappa shape index (κ3) is 6.69. The molecule has 3 N–H and O–H groups in total. The fourth-order valence-corrected chi connectivity index (χ4v) is 8.87. The van der Waals surface area contributed by atoms with E-state index in [0.717, 1.165) is 48.5 Å². The number of carbonyl (C=O) groups excluding carboxylic acids is 7. The molecule has 2 aliphatic carbocycles. The molecule has 2 unspecified atom stereocenters. The Morgan fingerprint density at radius 3 is 2.02 bits per heavy atom. The lowest BCUT2D eigenvalue weighted by molar-refractivity contribution is -0.387. The summed E-state index contributed by atoms with van der Waals surface area (Å²) in [5.74, 6) is -9.11. The first-order valence-electron chi connectivity index (χ1n) is 17.4. The van der Waals surface area contributed by atoms with Crippen LogP contribution in [0.5, 0.6) is 0 Å². The molecule has 4 aliphatic rings. The predicted molar refractivity (Wildman–Crippen MR) is 177 cm³/mol. The van der Waals surface area contributed by atoms with Crippen LogP contribution in [0.1, 0.15) is 77.9 Å². The van der Waals surface area contributed by atoms with E-state index in [1.807, 2.05) is 0 Å². The van der Waals surface area contributed by atoms with E-state index in [4.69, 9.17) is 37.9 Å². The highest BCUT2D eigenvalue weighted by molar-refractivity contribution is 5.90. The number of aromatic nitrogens is 1. The normalized spacial score (nSPS) is 39.5. The molecule has 1 spiro atoms. The summed E-state index contributed by atoms with van der Waals surface area (Å²) in [5.41, 5.74) is -12.7. The molecule has 302 valence electrons. The van der Waals surface area contributed by atoms with E-state index in [1.54, 1.807) is 0 Å². The molecule has 19 heteroatoms. The number of ether oxygens (including phenoxy) is 8. The second-order valence-corrected chi connectivity index (χ2v) is 15.0. The Hall–Kier alpha value is -4.72. The van der Waals surface area contributed by atoms with E-state index < -0.39 is 132 Å². The smallest absolute Gasteiger partial charge is 0.340 e. The number of cyclic esters (lactones) is 1. The summed E-state index contributed by atoms with van der Waals surface area (Å²) in [6.07, 6.45) is -11.7. The number of fused-ring (bicyclic) bond motifs is 5. The molecule has 0 amide bonds. The Morgan fingerprint density at radius 1 is 0.855 bits per heavy atom. The number of aliphatic hydroxyl groups excluding tert-OH is 1. The molecule has 4 bridgehead atoms. The van der Waals surface area contributed by atoms with E-state index in [-0.39, 0.29) is 17.7 Å². The van der Waals surface area contributed by atoms with Gasteiger partial charge in [-0.25, -0.2) is 9.59 Å². The fourth-order valence-electron chi connectivity index (χ4n) is 8.87. The quantitative estimate of drug-likeness (QED) is 0.240. The third-order valence-corrected chi connectivity index (χ3v) is 10.9. The Morgan fingerprint density at radius 2 is 1.44 bits per heavy atom. The van der Waals surface area contributed by atoms with Crippen molar-refractivity contribution >= 4 is 41.8 Å². The molecule has 3 fully saturated rings. The van der Waals surface area contributed by atoms with Crippen LogP contribution in [-0.2, 0) is 73.1 Å². The zero-order valence-electron chi connectivity index (χ0n) is 31.5. The van der Waals surface area contributed by atoms with Gasteiger partial charge >= 0.3 is 41.8 Å². The minimum absolute atomic E-state index is 0.0737. The van der Waals surface area contributed by atoms with Crippen molar-refractivity contribution in [3.05, 3.63) is 29.6 Å². The van der Waals surface area contributed by atoms with Gasteiger partial charge in [-0.15, -0.1) is 0 Å². The van der Waals surface area contributed by atoms with Crippen molar-refractivity contribution in [1.29, 1.82) is 0 Å². The van der Waals surface area contributed by atoms with Crippen molar-refractivity contribution in [3.63, 3.8) is 0 Å². The van der Waals surface area contributed by atoms with Gasteiger partial charge in [0.2, 0.25) is 0 Å². The van der Waals surface area contributed by atoms with Crippen molar-refractivity contribution in [2.45, 2.75) is 127 Å². The van der Waals surface area contributed by atoms with Crippen LogP contribution in [0.25, 0.3) is 0 Å². The average Bonchev–Trinajstić information content (AvgIpc) is 3.29. The average molecular weight is 780 g/mol. The van der Waals surface area contributed by atoms with Crippen LogP contribution >= 0.6 is 0 Å². The summed E-state index contributed by atoms with van der Waals surface area (Å²) in [7, 11) is 0. The number of hydrogen-bond acceptors (Lipinski definition) is 19. The van der Waals surface area contributed by atoms with Crippen LogP contribution in [0, 0.1) is 11.3 Å². The molecule has 0 aromatic carbocycles. The van der Waals surface area contributed by atoms with Crippen LogP contribution in [0.15, 0.2) is 18.3 Å². The standard InChI is InChI=1S/C36H45NO18/c1-16(38)48-15-35-28(52-19(4)41)24(43)27-34(8,47)36(35)26(51-18(3)40)23(25(50-17(2)39)29(35)53-20(5)42)33(7,55-36)14-49-30(44)21-10-9-13-37-22(21)11-12-32(6,46)31(45)54-27/h9-10,13,23-29,43,46-47H,11-12,14-15H2,1-8H3/t23-,24?,25+,26+,27-,28-,29+,32?,33-,34-,35-,36-/m0/s1. The van der Waals surface area contributed by atoms with Crippen LogP contribution < -0.4 is 0 Å². The highest BCUT2D eigenvalue weighted by Crippen LogP contribution is 2.70. The number of hydrogen-bond donors (Lipinski definition) is 3. The van der Waals surface area contributed by atoms with Crippen molar-refractivity contribution < 1.29 is 86.8 Å². The van der Waals surface area contributed by atoms with Gasteiger partial charge in [0.05, 0.1) is 17.2 Å². The van der Waals surface area contributed by atoms with Gasteiger partial charge in [0.1, 0.15) is 54.2 Å². The van der Waals surface area contributed by atoms with Gasteiger partial charge in [-0.05, 0) is 45.7 Å². The summed E-state index contributed by atoms with van der Waals surface area (Å²) >= 11 is 0. The molecule has 2 aliphatic heterocycles. The first-order chi connectivity index (χ1) is 25.5. The highest BCUT2D eigenvalue weighted by Gasteiger charge is 2.91. The minimum atomic E-state index is -2.89. The Balaban J connectivity index is 1.95. The molecule has 1 saturated heterocycles. The van der Waals surface area contributed by atoms with Gasteiger partial charge < -0.3 is 53.2 Å². The SMILES string of the molecule is CC(=O)OC[C@]12[C@H](OC(C)=O)[C@H](OC(C)=O)[C@H]3[C@@H](OC(C)=O)[C@@]14O[C@@]3(C)COC(=O)c1cccnc1CCC(C)(O)C(=O)O[C@@H](C(O)[C@@H]2OC(C)=O)[C@]4(C)O. The van der Waals surface area contributed by atoms with Gasteiger partial charge in [-0.2, -0.15) is 0 Å². The summed E-state index contributed by atoms with van der Waals surface area (Å²) in [6, 6.07) is 2.82. The Labute approximate surface area is 314 Å². The second-order valence-electron chi connectivity index (χ2n) is 15.0. The molecule has 55 heavy (non-hydrogen) atoms. The van der Waals surface area contributed by atoms with E-state index in [1.165, 1.54) is 25.3 Å². The minimum Gasteiger partial charge on any atom is -0.465 e. The maximum atomic E-state index is 13.9. The monoisotopic (exact) mass is 779 g/mol. The number of aliphatic hydroxyl groups is 3. The van der Waals surface area contributed by atoms with Gasteiger partial charge in [-0.1, -0.05) is 0 Å². The molecule has 3 heterocycles. The zero-order valence-corrected chi connectivity index (χ0v) is 31.5. The maximum absolute atomic E-state index is 13.9. The van der Waals surface area contributed by atoms with E-state index >= 15 is 0 Å².